The number of hydrogen-bond acceptors (Lipinski definition) is 3. The molecular weight excluding hydrogens is 412 g/mol. The Hall–Kier alpha value is -3.41. The minimum Gasteiger partial charge on any atom is -0.333 e. The molecule has 0 unspecified atom stereocenters. The average Bonchev–Trinajstić information content (AvgIpc) is 3.23. The van der Waals surface area contributed by atoms with E-state index in [1.165, 1.54) is 0 Å². The molecule has 0 aliphatic heterocycles. The number of carbonyl (C=O) groups excluding carboxylic acids is 2. The molecule has 0 aliphatic carbocycles. The summed E-state index contributed by atoms with van der Waals surface area (Å²) in [6, 6.07) is 21.4. The van der Waals surface area contributed by atoms with Crippen molar-refractivity contribution in [3.63, 3.8) is 0 Å². The number of para-hydroxylation sites is 1. The van der Waals surface area contributed by atoms with Crippen LogP contribution in [0, 0.1) is 5.92 Å². The number of carbonyl (C=O) groups is 2. The maximum absolute atomic E-state index is 13.0. The lowest BCUT2D eigenvalue weighted by atomic mass is 10.1. The largest absolute Gasteiger partial charge is 0.333 e. The van der Waals surface area contributed by atoms with Gasteiger partial charge in [0.05, 0.1) is 17.9 Å². The van der Waals surface area contributed by atoms with E-state index >= 15 is 0 Å². The summed E-state index contributed by atoms with van der Waals surface area (Å²) in [5.74, 6) is 0.672. The summed E-state index contributed by atoms with van der Waals surface area (Å²) in [5, 5.41) is 7.73. The highest BCUT2D eigenvalue weighted by molar-refractivity contribution is 5.94. The van der Waals surface area contributed by atoms with E-state index in [9.17, 15) is 9.59 Å². The highest BCUT2D eigenvalue weighted by Gasteiger charge is 2.20. The van der Waals surface area contributed by atoms with Crippen LogP contribution in [0.4, 0.5) is 5.82 Å². The van der Waals surface area contributed by atoms with Crippen LogP contribution in [0.15, 0.2) is 66.7 Å². The predicted molar refractivity (Wildman–Crippen MR) is 133 cm³/mol. The van der Waals surface area contributed by atoms with Crippen LogP contribution in [0.3, 0.4) is 0 Å². The number of anilines is 1. The number of nitrogens with one attached hydrogen (secondary N) is 1. The Balaban J connectivity index is 1.80. The number of amides is 2. The molecule has 0 fully saturated rings. The van der Waals surface area contributed by atoms with Crippen LogP contribution in [0.25, 0.3) is 16.9 Å². The molecule has 0 spiro atoms. The average molecular weight is 447 g/mol. The van der Waals surface area contributed by atoms with Crippen molar-refractivity contribution >= 4 is 17.6 Å². The molecule has 0 saturated carbocycles. The van der Waals surface area contributed by atoms with Gasteiger partial charge in [0.1, 0.15) is 5.82 Å². The molecule has 1 heterocycles. The minimum atomic E-state index is -0.226. The van der Waals surface area contributed by atoms with Crippen molar-refractivity contribution in [3.05, 3.63) is 66.7 Å². The van der Waals surface area contributed by atoms with Gasteiger partial charge in [0, 0.05) is 24.6 Å². The van der Waals surface area contributed by atoms with E-state index < -0.39 is 0 Å². The Kier molecular flexibility index (Phi) is 8.81. The first-order valence-corrected chi connectivity index (χ1v) is 11.8. The number of nitrogens with zero attached hydrogens (tertiary/aromatic N) is 3. The van der Waals surface area contributed by atoms with Gasteiger partial charge in [0.25, 0.3) is 0 Å². The third kappa shape index (κ3) is 7.04. The zero-order chi connectivity index (χ0) is 23.6. The summed E-state index contributed by atoms with van der Waals surface area (Å²) < 4.78 is 1.73. The van der Waals surface area contributed by atoms with Crippen molar-refractivity contribution in [1.82, 2.24) is 14.7 Å². The molecule has 33 heavy (non-hydrogen) atoms. The van der Waals surface area contributed by atoms with Gasteiger partial charge in [-0.05, 0) is 24.5 Å². The second-order valence-electron chi connectivity index (χ2n) is 8.70. The SMILES string of the molecule is CCCCCC(=O)N(CC(=O)Nc1cc(-c2ccccc2)nn1-c1ccccc1)CC(C)C. The monoisotopic (exact) mass is 446 g/mol. The summed E-state index contributed by atoms with van der Waals surface area (Å²) in [4.78, 5) is 27.4. The van der Waals surface area contributed by atoms with Crippen molar-refractivity contribution < 1.29 is 9.59 Å². The first kappa shape index (κ1) is 24.2. The quantitative estimate of drug-likeness (QED) is 0.393. The summed E-state index contributed by atoms with van der Waals surface area (Å²) in [6.07, 6.45) is 3.41. The topological polar surface area (TPSA) is 67.2 Å². The third-order valence-electron chi connectivity index (χ3n) is 5.31. The Morgan fingerprint density at radius 1 is 1.00 bits per heavy atom. The van der Waals surface area contributed by atoms with Gasteiger partial charge in [-0.15, -0.1) is 0 Å². The van der Waals surface area contributed by atoms with Crippen molar-refractivity contribution in [2.45, 2.75) is 46.5 Å². The van der Waals surface area contributed by atoms with E-state index in [1.807, 2.05) is 66.7 Å². The molecule has 0 aliphatic rings. The van der Waals surface area contributed by atoms with Crippen molar-refractivity contribution in [3.8, 4) is 16.9 Å². The van der Waals surface area contributed by atoms with Gasteiger partial charge < -0.3 is 10.2 Å². The zero-order valence-corrected chi connectivity index (χ0v) is 19.8. The summed E-state index contributed by atoms with van der Waals surface area (Å²) in [6.45, 7) is 6.82. The van der Waals surface area contributed by atoms with E-state index in [0.29, 0.717) is 18.8 Å². The molecule has 0 saturated heterocycles. The van der Waals surface area contributed by atoms with Gasteiger partial charge in [-0.3, -0.25) is 9.59 Å². The molecule has 1 aromatic heterocycles. The maximum atomic E-state index is 13.0. The van der Waals surface area contributed by atoms with Crippen molar-refractivity contribution in [2.24, 2.45) is 5.92 Å². The molecule has 3 aromatic rings. The summed E-state index contributed by atoms with van der Waals surface area (Å²) in [7, 11) is 0. The van der Waals surface area contributed by atoms with E-state index in [1.54, 1.807) is 9.58 Å². The highest BCUT2D eigenvalue weighted by Crippen LogP contribution is 2.24. The van der Waals surface area contributed by atoms with Gasteiger partial charge >= 0.3 is 0 Å². The lowest BCUT2D eigenvalue weighted by molar-refractivity contribution is -0.135. The fourth-order valence-corrected chi connectivity index (χ4v) is 3.72. The number of unbranched alkanes of at least 4 members (excludes halogenated alkanes) is 2. The Morgan fingerprint density at radius 3 is 2.30 bits per heavy atom. The van der Waals surface area contributed by atoms with Crippen LogP contribution in [0.5, 0.6) is 0 Å². The van der Waals surface area contributed by atoms with Crippen LogP contribution < -0.4 is 5.32 Å². The Bertz CT molecular complexity index is 1030. The number of aromatic nitrogens is 2. The van der Waals surface area contributed by atoms with E-state index in [-0.39, 0.29) is 24.3 Å². The summed E-state index contributed by atoms with van der Waals surface area (Å²) >= 11 is 0. The number of rotatable bonds is 11. The molecule has 0 atom stereocenters. The second-order valence-corrected chi connectivity index (χ2v) is 8.70. The highest BCUT2D eigenvalue weighted by atomic mass is 16.2. The standard InChI is InChI=1S/C27H34N4O2/c1-4-5-8-17-27(33)30(19-21(2)3)20-26(32)28-25-18-24(22-13-9-6-10-14-22)29-31(25)23-15-11-7-12-16-23/h6-7,9-16,18,21H,4-5,8,17,19-20H2,1-3H3,(H,28,32). The minimum absolute atomic E-state index is 0.0315. The lowest BCUT2D eigenvalue weighted by Crippen LogP contribution is -2.40. The van der Waals surface area contributed by atoms with Crippen LogP contribution in [-0.2, 0) is 9.59 Å². The van der Waals surface area contributed by atoms with Crippen LogP contribution >= 0.6 is 0 Å². The molecule has 0 radical (unpaired) electrons. The molecule has 6 nitrogen and oxygen atoms in total. The lowest BCUT2D eigenvalue weighted by Gasteiger charge is -2.24. The second kappa shape index (κ2) is 12.0. The Labute approximate surface area is 196 Å². The van der Waals surface area contributed by atoms with Gasteiger partial charge in [-0.1, -0.05) is 82.1 Å². The van der Waals surface area contributed by atoms with Crippen LogP contribution in [-0.4, -0.2) is 39.6 Å². The van der Waals surface area contributed by atoms with Crippen LogP contribution in [0.2, 0.25) is 0 Å². The first-order valence-electron chi connectivity index (χ1n) is 11.8. The van der Waals surface area contributed by atoms with Crippen molar-refractivity contribution in [2.75, 3.05) is 18.4 Å². The summed E-state index contributed by atoms with van der Waals surface area (Å²) in [5.41, 5.74) is 2.59. The molecule has 0 bridgehead atoms. The van der Waals surface area contributed by atoms with E-state index in [0.717, 1.165) is 36.2 Å². The zero-order valence-electron chi connectivity index (χ0n) is 19.8. The van der Waals surface area contributed by atoms with Gasteiger partial charge in [0.2, 0.25) is 11.8 Å². The van der Waals surface area contributed by atoms with E-state index in [2.05, 4.69) is 26.1 Å². The van der Waals surface area contributed by atoms with Crippen LogP contribution in [0.1, 0.15) is 46.5 Å². The normalized spacial score (nSPS) is 10.9. The number of hydrogen-bond donors (Lipinski definition) is 1. The molecule has 6 heteroatoms. The fourth-order valence-electron chi connectivity index (χ4n) is 3.72. The molecule has 2 amide bonds. The number of benzene rings is 2. The van der Waals surface area contributed by atoms with Gasteiger partial charge in [-0.2, -0.15) is 5.10 Å². The molecule has 3 rings (SSSR count). The van der Waals surface area contributed by atoms with Crippen molar-refractivity contribution in [1.29, 1.82) is 0 Å². The molecule has 1 N–H and O–H groups in total. The smallest absolute Gasteiger partial charge is 0.245 e. The Morgan fingerprint density at radius 2 is 1.67 bits per heavy atom. The van der Waals surface area contributed by atoms with E-state index in [4.69, 9.17) is 5.10 Å². The first-order chi connectivity index (χ1) is 16.0. The predicted octanol–water partition coefficient (Wildman–Crippen LogP) is 5.54. The fraction of sp³-hybridized carbons (Fsp3) is 0.370. The third-order valence-corrected chi connectivity index (χ3v) is 5.31. The molecule has 2 aromatic carbocycles. The molecule has 174 valence electrons. The van der Waals surface area contributed by atoms with Gasteiger partial charge in [-0.25, -0.2) is 4.68 Å². The molecular formula is C27H34N4O2. The van der Waals surface area contributed by atoms with Gasteiger partial charge in [0.15, 0.2) is 0 Å². The maximum Gasteiger partial charge on any atom is 0.245 e.